The van der Waals surface area contributed by atoms with Crippen LogP contribution in [0.2, 0.25) is 0 Å². The summed E-state index contributed by atoms with van der Waals surface area (Å²) in [6.07, 6.45) is 0. The van der Waals surface area contributed by atoms with Gasteiger partial charge in [-0.3, -0.25) is 10.1 Å². The molecule has 0 spiro atoms. The van der Waals surface area contributed by atoms with Gasteiger partial charge in [0.25, 0.3) is 10.9 Å². The average molecular weight is 256 g/mol. The van der Waals surface area contributed by atoms with Crippen molar-refractivity contribution in [1.29, 1.82) is 0 Å². The number of ether oxygens (including phenoxy) is 2. The first-order valence-electron chi connectivity index (χ1n) is 4.67. The Balaban J connectivity index is 3.01. The maximum absolute atomic E-state index is 10.6. The number of hydrogen-bond acceptors (Lipinski definition) is 5. The van der Waals surface area contributed by atoms with E-state index < -0.39 is 4.92 Å². The highest BCUT2D eigenvalue weighted by molar-refractivity contribution is 7.80. The zero-order chi connectivity index (χ0) is 13.0. The quantitative estimate of drug-likeness (QED) is 0.467. The summed E-state index contributed by atoms with van der Waals surface area (Å²) in [6, 6.07) is 4.07. The van der Waals surface area contributed by atoms with Gasteiger partial charge in [-0.1, -0.05) is 0 Å². The Morgan fingerprint density at radius 2 is 2.06 bits per heavy atom. The van der Waals surface area contributed by atoms with Crippen molar-refractivity contribution in [3.05, 3.63) is 28.3 Å². The van der Waals surface area contributed by atoms with Gasteiger partial charge in [-0.05, 0) is 18.3 Å². The van der Waals surface area contributed by atoms with Crippen molar-refractivity contribution in [2.24, 2.45) is 0 Å². The number of non-ortho nitro benzene ring substituents is 1. The Morgan fingerprint density at radius 1 is 1.41 bits per heavy atom. The van der Waals surface area contributed by atoms with Crippen LogP contribution in [0.4, 0.5) is 5.69 Å². The van der Waals surface area contributed by atoms with E-state index in [4.69, 9.17) is 21.7 Å². The van der Waals surface area contributed by atoms with Crippen LogP contribution >= 0.6 is 12.2 Å². The van der Waals surface area contributed by atoms with E-state index in [-0.39, 0.29) is 16.6 Å². The normalized spacial score (nSPS) is 9.59. The first kappa shape index (κ1) is 13.2. The summed E-state index contributed by atoms with van der Waals surface area (Å²) >= 11 is 4.97. The molecule has 0 amide bonds. The molecule has 0 saturated carbocycles. The molecule has 0 aliphatic heterocycles. The summed E-state index contributed by atoms with van der Waals surface area (Å²) in [4.78, 5) is 11.7. The smallest absolute Gasteiger partial charge is 0.273 e. The van der Waals surface area contributed by atoms with Gasteiger partial charge in [-0.25, -0.2) is 0 Å². The summed E-state index contributed by atoms with van der Waals surface area (Å²) in [5, 5.41) is 10.8. The molecule has 1 aromatic carbocycles. The molecule has 0 saturated heterocycles. The highest BCUT2D eigenvalue weighted by Crippen LogP contribution is 2.31. The van der Waals surface area contributed by atoms with Gasteiger partial charge in [0.05, 0.1) is 18.1 Å². The lowest BCUT2D eigenvalue weighted by atomic mass is 10.3. The molecule has 0 heterocycles. The van der Waals surface area contributed by atoms with Gasteiger partial charge in [-0.2, -0.15) is 0 Å². The van der Waals surface area contributed by atoms with Crippen molar-refractivity contribution < 1.29 is 14.4 Å². The van der Waals surface area contributed by atoms with Crippen LogP contribution in [-0.2, 0) is 0 Å². The van der Waals surface area contributed by atoms with Crippen molar-refractivity contribution in [3.63, 3.8) is 0 Å². The molecule has 1 rings (SSSR count). The number of nitrogens with zero attached hydrogens (tertiary/aromatic N) is 2. The summed E-state index contributed by atoms with van der Waals surface area (Å²) < 4.78 is 10.4. The molecule has 92 valence electrons. The maximum atomic E-state index is 10.6. The SMILES string of the molecule is COc1cc([N+](=O)[O-])ccc1OC(=S)N(C)C. The fraction of sp³-hybridized carbons (Fsp3) is 0.300. The number of nitro groups is 1. The molecule has 0 aliphatic rings. The maximum Gasteiger partial charge on any atom is 0.273 e. The minimum atomic E-state index is -0.503. The predicted octanol–water partition coefficient (Wildman–Crippen LogP) is 1.83. The van der Waals surface area contributed by atoms with E-state index in [1.807, 2.05) is 0 Å². The molecule has 6 nitrogen and oxygen atoms in total. The number of benzene rings is 1. The van der Waals surface area contributed by atoms with Crippen LogP contribution < -0.4 is 9.47 Å². The molecule has 0 N–H and O–H groups in total. The standard InChI is InChI=1S/C10H12N2O4S/c1-11(2)10(17)16-8-5-4-7(12(13)14)6-9(8)15-3/h4-6H,1-3H3. The molecule has 7 heteroatoms. The molecule has 0 aliphatic carbocycles. The van der Waals surface area contributed by atoms with Crippen molar-refractivity contribution in [3.8, 4) is 11.5 Å². The van der Waals surface area contributed by atoms with Crippen LogP contribution in [0.1, 0.15) is 0 Å². The fourth-order valence-corrected chi connectivity index (χ4v) is 1.13. The lowest BCUT2D eigenvalue weighted by Gasteiger charge is -2.15. The molecule has 0 atom stereocenters. The molecular weight excluding hydrogens is 244 g/mol. The zero-order valence-electron chi connectivity index (χ0n) is 9.67. The summed E-state index contributed by atoms with van der Waals surface area (Å²) in [6.45, 7) is 0. The zero-order valence-corrected chi connectivity index (χ0v) is 10.5. The predicted molar refractivity (Wildman–Crippen MR) is 66.6 cm³/mol. The van der Waals surface area contributed by atoms with Crippen LogP contribution in [0.15, 0.2) is 18.2 Å². The van der Waals surface area contributed by atoms with E-state index in [1.54, 1.807) is 19.0 Å². The first-order chi connectivity index (χ1) is 7.95. The van der Waals surface area contributed by atoms with Gasteiger partial charge < -0.3 is 14.4 Å². The molecule has 17 heavy (non-hydrogen) atoms. The molecule has 0 bridgehead atoms. The van der Waals surface area contributed by atoms with Gasteiger partial charge in [-0.15, -0.1) is 0 Å². The first-order valence-corrected chi connectivity index (χ1v) is 5.08. The van der Waals surface area contributed by atoms with Crippen LogP contribution in [-0.4, -0.2) is 36.2 Å². The second-order valence-corrected chi connectivity index (χ2v) is 3.70. The molecule has 0 radical (unpaired) electrons. The monoisotopic (exact) mass is 256 g/mol. The van der Waals surface area contributed by atoms with Crippen molar-refractivity contribution in [2.45, 2.75) is 0 Å². The number of nitro benzene ring substituents is 1. The van der Waals surface area contributed by atoms with Gasteiger partial charge >= 0.3 is 0 Å². The van der Waals surface area contributed by atoms with Crippen LogP contribution in [0.5, 0.6) is 11.5 Å². The van der Waals surface area contributed by atoms with E-state index in [2.05, 4.69) is 0 Å². The van der Waals surface area contributed by atoms with Crippen LogP contribution in [0.3, 0.4) is 0 Å². The summed E-state index contributed by atoms with van der Waals surface area (Å²) in [5.74, 6) is 0.611. The van der Waals surface area contributed by atoms with E-state index in [9.17, 15) is 10.1 Å². The third kappa shape index (κ3) is 3.28. The highest BCUT2D eigenvalue weighted by Gasteiger charge is 2.14. The van der Waals surface area contributed by atoms with Crippen LogP contribution in [0.25, 0.3) is 0 Å². The fourth-order valence-electron chi connectivity index (χ4n) is 1.04. The minimum absolute atomic E-state index is 0.0648. The van der Waals surface area contributed by atoms with E-state index in [0.717, 1.165) is 0 Å². The second-order valence-electron chi connectivity index (χ2n) is 3.35. The van der Waals surface area contributed by atoms with Gasteiger partial charge in [0.15, 0.2) is 11.5 Å². The Kier molecular flexibility index (Phi) is 4.22. The van der Waals surface area contributed by atoms with Crippen molar-refractivity contribution >= 4 is 23.1 Å². The number of thiocarbonyl (C=S) groups is 1. The molecular formula is C10H12N2O4S. The van der Waals surface area contributed by atoms with Gasteiger partial charge in [0.2, 0.25) is 0 Å². The Hall–Kier alpha value is -1.89. The number of hydrogen-bond donors (Lipinski definition) is 0. The molecule has 0 aromatic heterocycles. The summed E-state index contributed by atoms with van der Waals surface area (Å²) in [7, 11) is 4.88. The van der Waals surface area contributed by atoms with E-state index in [0.29, 0.717) is 5.75 Å². The Labute approximate surface area is 104 Å². The summed E-state index contributed by atoms with van der Waals surface area (Å²) in [5.41, 5.74) is -0.0648. The minimum Gasteiger partial charge on any atom is -0.493 e. The topological polar surface area (TPSA) is 64.8 Å². The molecule has 0 fully saturated rings. The van der Waals surface area contributed by atoms with Crippen molar-refractivity contribution in [1.82, 2.24) is 4.90 Å². The number of rotatable bonds is 3. The van der Waals surface area contributed by atoms with Crippen LogP contribution in [0, 0.1) is 10.1 Å². The van der Waals surface area contributed by atoms with Gasteiger partial charge in [0, 0.05) is 20.2 Å². The Bertz CT molecular complexity index is 448. The number of methoxy groups -OCH3 is 1. The van der Waals surface area contributed by atoms with Crippen molar-refractivity contribution in [2.75, 3.05) is 21.2 Å². The van der Waals surface area contributed by atoms with E-state index >= 15 is 0 Å². The van der Waals surface area contributed by atoms with E-state index in [1.165, 1.54) is 25.3 Å². The largest absolute Gasteiger partial charge is 0.493 e. The highest BCUT2D eigenvalue weighted by atomic mass is 32.1. The van der Waals surface area contributed by atoms with Gasteiger partial charge in [0.1, 0.15) is 0 Å². The molecule has 1 aromatic rings. The second kappa shape index (κ2) is 5.44. The average Bonchev–Trinajstić information content (AvgIpc) is 2.28. The Morgan fingerprint density at radius 3 is 2.53 bits per heavy atom. The third-order valence-electron chi connectivity index (χ3n) is 1.92. The molecule has 0 unspecified atom stereocenters. The lowest BCUT2D eigenvalue weighted by molar-refractivity contribution is -0.384. The third-order valence-corrected chi connectivity index (χ3v) is 2.37. The lowest BCUT2D eigenvalue weighted by Crippen LogP contribution is -2.25.